The molecule has 4 heteroatoms. The Morgan fingerprint density at radius 1 is 1.05 bits per heavy atom. The van der Waals surface area contributed by atoms with E-state index < -0.39 is 0 Å². The molecule has 0 aliphatic carbocycles. The lowest BCUT2D eigenvalue weighted by Gasteiger charge is -1.96. The zero-order valence-corrected chi connectivity index (χ0v) is 11.4. The Morgan fingerprint density at radius 2 is 1.85 bits per heavy atom. The number of rotatable bonds is 1. The number of fused-ring (bicyclic) bond motifs is 2. The van der Waals surface area contributed by atoms with E-state index in [0.29, 0.717) is 0 Å². The summed E-state index contributed by atoms with van der Waals surface area (Å²) in [7, 11) is 0. The topological polar surface area (TPSA) is 53.9 Å². The molecule has 1 N–H and O–H groups in total. The third kappa shape index (κ3) is 1.72. The predicted octanol–water partition coefficient (Wildman–Crippen LogP) is 3.58. The van der Waals surface area contributed by atoms with Gasteiger partial charge in [-0.05, 0) is 19.9 Å². The van der Waals surface area contributed by atoms with Gasteiger partial charge in [0.25, 0.3) is 0 Å². The van der Waals surface area contributed by atoms with Crippen LogP contribution < -0.4 is 0 Å². The maximum Gasteiger partial charge on any atom is 0.180 e. The van der Waals surface area contributed by atoms with Gasteiger partial charge in [-0.3, -0.25) is 0 Å². The Morgan fingerprint density at radius 3 is 2.65 bits per heavy atom. The van der Waals surface area contributed by atoms with Crippen molar-refractivity contribution in [3.63, 3.8) is 0 Å². The average Bonchev–Trinajstić information content (AvgIpc) is 2.97. The lowest BCUT2D eigenvalue weighted by molar-refractivity contribution is 1.26. The van der Waals surface area contributed by atoms with Crippen molar-refractivity contribution < 1.29 is 0 Å². The number of nitrogens with zero attached hydrogens (tertiary/aromatic N) is 3. The van der Waals surface area contributed by atoms with Crippen LogP contribution in [0.3, 0.4) is 0 Å². The lowest BCUT2D eigenvalue weighted by atomic mass is 10.1. The number of aromatic amines is 1. The number of H-pyrrole nitrogens is 1. The SMILES string of the molecule is CC1=Nc2nc3nc(-c4ccc(C)cc4)[nH]c3cc2C1. The molecule has 0 spiro atoms. The molecule has 1 aliphatic rings. The minimum absolute atomic E-state index is 0.734. The minimum Gasteiger partial charge on any atom is -0.337 e. The van der Waals surface area contributed by atoms with Gasteiger partial charge < -0.3 is 4.98 Å². The Labute approximate surface area is 116 Å². The monoisotopic (exact) mass is 262 g/mol. The van der Waals surface area contributed by atoms with E-state index in [-0.39, 0.29) is 0 Å². The second-order valence-electron chi connectivity index (χ2n) is 5.32. The number of nitrogens with one attached hydrogen (secondary N) is 1. The van der Waals surface area contributed by atoms with Crippen molar-refractivity contribution in [3.8, 4) is 11.4 Å². The molecule has 0 saturated heterocycles. The van der Waals surface area contributed by atoms with Crippen molar-refractivity contribution in [2.75, 3.05) is 0 Å². The second kappa shape index (κ2) is 4.00. The fraction of sp³-hybridized carbons (Fsp3) is 0.188. The molecule has 0 atom stereocenters. The van der Waals surface area contributed by atoms with Crippen molar-refractivity contribution in [1.29, 1.82) is 0 Å². The predicted molar refractivity (Wildman–Crippen MR) is 80.5 cm³/mol. The molecular weight excluding hydrogens is 248 g/mol. The van der Waals surface area contributed by atoms with E-state index >= 15 is 0 Å². The highest BCUT2D eigenvalue weighted by Gasteiger charge is 2.16. The number of pyridine rings is 1. The van der Waals surface area contributed by atoms with Crippen molar-refractivity contribution >= 4 is 22.7 Å². The Kier molecular flexibility index (Phi) is 2.27. The number of imidazole rings is 1. The highest BCUT2D eigenvalue weighted by atomic mass is 15.0. The van der Waals surface area contributed by atoms with Crippen LogP contribution in [0.2, 0.25) is 0 Å². The molecule has 3 heterocycles. The average molecular weight is 262 g/mol. The first-order chi connectivity index (χ1) is 9.69. The number of aliphatic imine (C=N–C) groups is 1. The van der Waals surface area contributed by atoms with Crippen molar-refractivity contribution in [3.05, 3.63) is 41.5 Å². The molecule has 3 aromatic rings. The maximum absolute atomic E-state index is 4.58. The quantitative estimate of drug-likeness (QED) is 0.728. The van der Waals surface area contributed by atoms with E-state index in [1.165, 1.54) is 11.1 Å². The van der Waals surface area contributed by atoms with Crippen molar-refractivity contribution in [2.45, 2.75) is 20.3 Å². The fourth-order valence-electron chi connectivity index (χ4n) is 2.55. The molecule has 0 saturated carbocycles. The molecular formula is C16H14N4. The van der Waals surface area contributed by atoms with Gasteiger partial charge >= 0.3 is 0 Å². The van der Waals surface area contributed by atoms with Crippen LogP contribution in [-0.4, -0.2) is 20.7 Å². The molecule has 1 aliphatic heterocycles. The third-order valence-electron chi connectivity index (χ3n) is 3.60. The zero-order valence-electron chi connectivity index (χ0n) is 11.4. The van der Waals surface area contributed by atoms with Crippen LogP contribution in [0, 0.1) is 6.92 Å². The molecule has 0 bridgehead atoms. The first-order valence-corrected chi connectivity index (χ1v) is 6.70. The van der Waals surface area contributed by atoms with Gasteiger partial charge in [-0.25, -0.2) is 15.0 Å². The van der Waals surface area contributed by atoms with Gasteiger partial charge in [0, 0.05) is 23.3 Å². The summed E-state index contributed by atoms with van der Waals surface area (Å²) in [6, 6.07) is 10.4. The number of hydrogen-bond donors (Lipinski definition) is 1. The normalized spacial score (nSPS) is 13.6. The fourth-order valence-corrected chi connectivity index (χ4v) is 2.55. The Hall–Kier alpha value is -2.49. The van der Waals surface area contributed by atoms with Crippen LogP contribution in [-0.2, 0) is 6.42 Å². The molecule has 1 aromatic carbocycles. The van der Waals surface area contributed by atoms with Crippen LogP contribution in [0.15, 0.2) is 35.3 Å². The van der Waals surface area contributed by atoms with Crippen molar-refractivity contribution in [2.24, 2.45) is 4.99 Å². The van der Waals surface area contributed by atoms with Crippen LogP contribution in [0.4, 0.5) is 5.82 Å². The molecule has 4 rings (SSSR count). The number of hydrogen-bond acceptors (Lipinski definition) is 3. The van der Waals surface area contributed by atoms with Crippen LogP contribution in [0.1, 0.15) is 18.1 Å². The van der Waals surface area contributed by atoms with E-state index in [2.05, 4.69) is 57.2 Å². The highest BCUT2D eigenvalue weighted by molar-refractivity contribution is 5.93. The number of benzene rings is 1. The maximum atomic E-state index is 4.58. The molecule has 0 fully saturated rings. The van der Waals surface area contributed by atoms with Gasteiger partial charge in [0.15, 0.2) is 11.5 Å². The van der Waals surface area contributed by atoms with E-state index in [0.717, 1.165) is 40.5 Å². The second-order valence-corrected chi connectivity index (χ2v) is 5.32. The first kappa shape index (κ1) is 11.3. The molecule has 0 unspecified atom stereocenters. The Bertz CT molecular complexity index is 841. The standard InChI is InChI=1S/C16H14N4/c1-9-3-5-11(6-4-9)14-18-13-8-12-7-10(2)17-15(12)20-16(13)19-14/h3-6,8H,7H2,1-2H3,(H,18,19,20). The van der Waals surface area contributed by atoms with E-state index in [1.54, 1.807) is 0 Å². The van der Waals surface area contributed by atoms with Crippen molar-refractivity contribution in [1.82, 2.24) is 15.0 Å². The molecule has 0 radical (unpaired) electrons. The summed E-state index contributed by atoms with van der Waals surface area (Å²) in [5, 5.41) is 0. The Balaban J connectivity index is 1.85. The van der Waals surface area contributed by atoms with Gasteiger partial charge in [-0.15, -0.1) is 0 Å². The summed E-state index contributed by atoms with van der Waals surface area (Å²) < 4.78 is 0. The third-order valence-corrected chi connectivity index (χ3v) is 3.60. The molecule has 0 amide bonds. The summed E-state index contributed by atoms with van der Waals surface area (Å²) in [6.07, 6.45) is 0.886. The smallest absolute Gasteiger partial charge is 0.180 e. The zero-order chi connectivity index (χ0) is 13.7. The summed E-state index contributed by atoms with van der Waals surface area (Å²) in [6.45, 7) is 4.11. The lowest BCUT2D eigenvalue weighted by Crippen LogP contribution is -1.89. The molecule has 20 heavy (non-hydrogen) atoms. The summed E-state index contributed by atoms with van der Waals surface area (Å²) in [5.41, 5.74) is 6.32. The number of aromatic nitrogens is 3. The highest BCUT2D eigenvalue weighted by Crippen LogP contribution is 2.28. The van der Waals surface area contributed by atoms with Gasteiger partial charge in [-0.2, -0.15) is 0 Å². The summed E-state index contributed by atoms with van der Waals surface area (Å²) >= 11 is 0. The molecule has 4 nitrogen and oxygen atoms in total. The van der Waals surface area contributed by atoms with Crippen LogP contribution in [0.5, 0.6) is 0 Å². The van der Waals surface area contributed by atoms with Gasteiger partial charge in [0.1, 0.15) is 5.82 Å². The molecule has 98 valence electrons. The van der Waals surface area contributed by atoms with Gasteiger partial charge in [-0.1, -0.05) is 29.8 Å². The van der Waals surface area contributed by atoms with Gasteiger partial charge in [0.05, 0.1) is 5.52 Å². The number of aryl methyl sites for hydroxylation is 1. The van der Waals surface area contributed by atoms with E-state index in [1.807, 2.05) is 6.92 Å². The van der Waals surface area contributed by atoms with Crippen LogP contribution >= 0.6 is 0 Å². The van der Waals surface area contributed by atoms with Gasteiger partial charge in [0.2, 0.25) is 0 Å². The molecule has 2 aromatic heterocycles. The van der Waals surface area contributed by atoms with E-state index in [4.69, 9.17) is 0 Å². The van der Waals surface area contributed by atoms with Crippen LogP contribution in [0.25, 0.3) is 22.6 Å². The minimum atomic E-state index is 0.734. The summed E-state index contributed by atoms with van der Waals surface area (Å²) in [4.78, 5) is 16.9. The summed E-state index contributed by atoms with van der Waals surface area (Å²) in [5.74, 6) is 1.67. The first-order valence-electron chi connectivity index (χ1n) is 6.70. The van der Waals surface area contributed by atoms with E-state index in [9.17, 15) is 0 Å². The largest absolute Gasteiger partial charge is 0.337 e.